The van der Waals surface area contributed by atoms with Crippen molar-refractivity contribution in [3.8, 4) is 0 Å². The Morgan fingerprint density at radius 3 is 2.30 bits per heavy atom. The second-order valence-corrected chi connectivity index (χ2v) is 8.31. The number of nitrogens with zero attached hydrogens (tertiary/aromatic N) is 1. The third-order valence-corrected chi connectivity index (χ3v) is 4.18. The SMILES string of the molecule is CCn1c(C(=O)NC(C)(C)CC(C)(C)C)c(C)c2ccccc21. The Labute approximate surface area is 140 Å². The molecule has 23 heavy (non-hydrogen) atoms. The fourth-order valence-electron chi connectivity index (χ4n) is 3.83. The van der Waals surface area contributed by atoms with Crippen molar-refractivity contribution in [2.24, 2.45) is 5.41 Å². The van der Waals surface area contributed by atoms with Crippen LogP contribution in [-0.4, -0.2) is 16.0 Å². The van der Waals surface area contributed by atoms with Crippen LogP contribution in [0.25, 0.3) is 10.9 Å². The van der Waals surface area contributed by atoms with E-state index in [0.29, 0.717) is 0 Å². The highest BCUT2D eigenvalue weighted by Gasteiger charge is 2.29. The average Bonchev–Trinajstić information content (AvgIpc) is 2.68. The summed E-state index contributed by atoms with van der Waals surface area (Å²) in [5.74, 6) is 0.0230. The van der Waals surface area contributed by atoms with Crippen molar-refractivity contribution in [1.82, 2.24) is 9.88 Å². The van der Waals surface area contributed by atoms with E-state index in [-0.39, 0.29) is 16.9 Å². The van der Waals surface area contributed by atoms with Crippen LogP contribution in [0.1, 0.15) is 64.0 Å². The molecule has 0 fully saturated rings. The van der Waals surface area contributed by atoms with Crippen LogP contribution in [0.2, 0.25) is 0 Å². The predicted molar refractivity (Wildman–Crippen MR) is 98.0 cm³/mol. The number of carbonyl (C=O) groups is 1. The van der Waals surface area contributed by atoms with Crippen LogP contribution in [0.15, 0.2) is 24.3 Å². The van der Waals surface area contributed by atoms with E-state index in [1.807, 2.05) is 19.1 Å². The summed E-state index contributed by atoms with van der Waals surface area (Å²) in [7, 11) is 0. The van der Waals surface area contributed by atoms with Crippen LogP contribution in [0.3, 0.4) is 0 Å². The maximum atomic E-state index is 13.0. The molecule has 0 aliphatic carbocycles. The number of rotatable bonds is 4. The van der Waals surface area contributed by atoms with E-state index in [4.69, 9.17) is 0 Å². The summed E-state index contributed by atoms with van der Waals surface area (Å²) >= 11 is 0. The lowest BCUT2D eigenvalue weighted by Crippen LogP contribution is -2.46. The van der Waals surface area contributed by atoms with Gasteiger partial charge in [-0.2, -0.15) is 0 Å². The lowest BCUT2D eigenvalue weighted by Gasteiger charge is -2.33. The highest BCUT2D eigenvalue weighted by molar-refractivity contribution is 6.01. The molecule has 0 aliphatic heterocycles. The highest BCUT2D eigenvalue weighted by atomic mass is 16.2. The van der Waals surface area contributed by atoms with Gasteiger partial charge in [0, 0.05) is 23.0 Å². The first-order valence-electron chi connectivity index (χ1n) is 8.46. The molecule has 0 unspecified atom stereocenters. The number of amides is 1. The molecule has 3 nitrogen and oxygen atoms in total. The van der Waals surface area contributed by atoms with Gasteiger partial charge in [0.05, 0.1) is 0 Å². The molecule has 126 valence electrons. The standard InChI is InChI=1S/C20H30N2O/c1-8-22-16-12-10-9-11-15(16)14(2)17(22)18(23)21-20(6,7)13-19(3,4)5/h9-12H,8,13H2,1-7H3,(H,21,23). The molecule has 1 N–H and O–H groups in total. The topological polar surface area (TPSA) is 34.0 Å². The van der Waals surface area contributed by atoms with Crippen LogP contribution in [0.4, 0.5) is 0 Å². The van der Waals surface area contributed by atoms with Crippen molar-refractivity contribution >= 4 is 16.8 Å². The number of para-hydroxylation sites is 1. The van der Waals surface area contributed by atoms with Crippen LogP contribution in [-0.2, 0) is 6.54 Å². The fraction of sp³-hybridized carbons (Fsp3) is 0.550. The summed E-state index contributed by atoms with van der Waals surface area (Å²) in [5, 5.41) is 4.41. The largest absolute Gasteiger partial charge is 0.346 e. The normalized spacial score (nSPS) is 12.7. The van der Waals surface area contributed by atoms with E-state index in [1.54, 1.807) is 0 Å². The monoisotopic (exact) mass is 314 g/mol. The molecule has 0 spiro atoms. The molecular weight excluding hydrogens is 284 g/mol. The Bertz CT molecular complexity index is 717. The number of aryl methyl sites for hydroxylation is 2. The number of fused-ring (bicyclic) bond motifs is 1. The predicted octanol–water partition coefficient (Wildman–Crippen LogP) is 4.91. The van der Waals surface area contributed by atoms with Crippen molar-refractivity contribution in [1.29, 1.82) is 0 Å². The van der Waals surface area contributed by atoms with Gasteiger partial charge in [-0.15, -0.1) is 0 Å². The van der Waals surface area contributed by atoms with Crippen LogP contribution in [0, 0.1) is 12.3 Å². The van der Waals surface area contributed by atoms with Gasteiger partial charge < -0.3 is 9.88 Å². The quantitative estimate of drug-likeness (QED) is 0.854. The zero-order valence-electron chi connectivity index (χ0n) is 15.6. The molecule has 1 aromatic heterocycles. The third-order valence-electron chi connectivity index (χ3n) is 4.18. The molecule has 2 rings (SSSR count). The van der Waals surface area contributed by atoms with E-state index in [2.05, 4.69) is 63.6 Å². The van der Waals surface area contributed by atoms with Crippen LogP contribution < -0.4 is 5.32 Å². The third kappa shape index (κ3) is 3.77. The molecule has 0 bridgehead atoms. The number of hydrogen-bond donors (Lipinski definition) is 1. The van der Waals surface area contributed by atoms with Crippen LogP contribution >= 0.6 is 0 Å². The Hall–Kier alpha value is -1.77. The maximum Gasteiger partial charge on any atom is 0.268 e. The molecule has 0 atom stereocenters. The molecule has 1 heterocycles. The van der Waals surface area contributed by atoms with E-state index in [1.165, 1.54) is 0 Å². The lowest BCUT2D eigenvalue weighted by atomic mass is 9.81. The first-order chi connectivity index (χ1) is 10.6. The summed E-state index contributed by atoms with van der Waals surface area (Å²) in [5.41, 5.74) is 2.91. The molecular formula is C20H30N2O. The van der Waals surface area contributed by atoms with Gasteiger partial charge in [-0.05, 0) is 51.2 Å². The molecule has 1 amide bonds. The van der Waals surface area contributed by atoms with E-state index >= 15 is 0 Å². The summed E-state index contributed by atoms with van der Waals surface area (Å²) in [6, 6.07) is 8.23. The van der Waals surface area contributed by atoms with E-state index < -0.39 is 0 Å². The highest BCUT2D eigenvalue weighted by Crippen LogP contribution is 2.29. The molecule has 0 radical (unpaired) electrons. The van der Waals surface area contributed by atoms with Crippen molar-refractivity contribution in [2.45, 2.75) is 67.0 Å². The molecule has 3 heteroatoms. The van der Waals surface area contributed by atoms with E-state index in [9.17, 15) is 4.79 Å². The molecule has 1 aromatic carbocycles. The number of nitrogens with one attached hydrogen (secondary N) is 1. The van der Waals surface area contributed by atoms with Gasteiger partial charge in [0.1, 0.15) is 5.69 Å². The second kappa shape index (κ2) is 6.03. The minimum Gasteiger partial charge on any atom is -0.346 e. The first kappa shape index (κ1) is 17.6. The van der Waals surface area contributed by atoms with Crippen molar-refractivity contribution in [2.75, 3.05) is 0 Å². The fourth-order valence-corrected chi connectivity index (χ4v) is 3.83. The minimum absolute atomic E-state index is 0.0230. The average molecular weight is 314 g/mol. The Balaban J connectivity index is 2.40. The van der Waals surface area contributed by atoms with Crippen molar-refractivity contribution in [3.05, 3.63) is 35.5 Å². The second-order valence-electron chi connectivity index (χ2n) is 8.31. The van der Waals surface area contributed by atoms with Gasteiger partial charge in [-0.3, -0.25) is 4.79 Å². The zero-order valence-corrected chi connectivity index (χ0v) is 15.6. The molecule has 0 saturated heterocycles. The smallest absolute Gasteiger partial charge is 0.268 e. The summed E-state index contributed by atoms with van der Waals surface area (Å²) in [6.07, 6.45) is 0.928. The molecule has 2 aromatic rings. The summed E-state index contributed by atoms with van der Waals surface area (Å²) < 4.78 is 2.12. The number of benzene rings is 1. The van der Waals surface area contributed by atoms with Gasteiger partial charge in [0.25, 0.3) is 5.91 Å². The molecule has 0 saturated carbocycles. The first-order valence-corrected chi connectivity index (χ1v) is 8.46. The Kier molecular flexibility index (Phi) is 4.61. The Morgan fingerprint density at radius 2 is 1.74 bits per heavy atom. The maximum absolute atomic E-state index is 13.0. The minimum atomic E-state index is -0.239. The zero-order chi connectivity index (χ0) is 17.4. The van der Waals surface area contributed by atoms with E-state index in [0.717, 1.165) is 35.1 Å². The number of carbonyl (C=O) groups excluding carboxylic acids is 1. The van der Waals surface area contributed by atoms with Gasteiger partial charge in [-0.1, -0.05) is 39.0 Å². The van der Waals surface area contributed by atoms with Crippen molar-refractivity contribution < 1.29 is 4.79 Å². The summed E-state index contributed by atoms with van der Waals surface area (Å²) in [6.45, 7) is 15.7. The van der Waals surface area contributed by atoms with Gasteiger partial charge in [0.2, 0.25) is 0 Å². The number of hydrogen-bond acceptors (Lipinski definition) is 1. The lowest BCUT2D eigenvalue weighted by molar-refractivity contribution is 0.0881. The Morgan fingerprint density at radius 1 is 1.13 bits per heavy atom. The van der Waals surface area contributed by atoms with Crippen molar-refractivity contribution in [3.63, 3.8) is 0 Å². The number of aromatic nitrogens is 1. The van der Waals surface area contributed by atoms with Crippen LogP contribution in [0.5, 0.6) is 0 Å². The van der Waals surface area contributed by atoms with Gasteiger partial charge >= 0.3 is 0 Å². The summed E-state index contributed by atoms with van der Waals surface area (Å²) in [4.78, 5) is 13.0. The molecule has 0 aliphatic rings. The van der Waals surface area contributed by atoms with Gasteiger partial charge in [0.15, 0.2) is 0 Å². The van der Waals surface area contributed by atoms with Gasteiger partial charge in [-0.25, -0.2) is 0 Å².